The molecule has 46 heavy (non-hydrogen) atoms. The molecule has 3 heterocycles. The van der Waals surface area contributed by atoms with Gasteiger partial charge in [0.05, 0.1) is 29.1 Å². The fraction of sp³-hybridized carbons (Fsp3) is 0.310. The number of alkyl halides is 3. The van der Waals surface area contributed by atoms with E-state index in [4.69, 9.17) is 36.8 Å². The number of pyridine rings is 1. The molecule has 17 heteroatoms. The average Bonchev–Trinajstić information content (AvgIpc) is 3.46. The maximum Gasteiger partial charge on any atom is 0.516 e. The lowest BCUT2D eigenvalue weighted by Crippen LogP contribution is -2.42. The van der Waals surface area contributed by atoms with E-state index < -0.39 is 41.9 Å². The highest BCUT2D eigenvalue weighted by molar-refractivity contribution is 7.93. The average molecular weight is 737 g/mol. The Morgan fingerprint density at radius 2 is 1.87 bits per heavy atom. The fourth-order valence-corrected chi connectivity index (χ4v) is 7.93. The van der Waals surface area contributed by atoms with Crippen LogP contribution in [0.1, 0.15) is 44.6 Å². The molecule has 0 saturated carbocycles. The van der Waals surface area contributed by atoms with Crippen LogP contribution in [0.5, 0.6) is 0 Å². The van der Waals surface area contributed by atoms with Crippen LogP contribution in [0.2, 0.25) is 10.0 Å². The largest absolute Gasteiger partial charge is 0.516 e. The Balaban J connectivity index is 1.41. The van der Waals surface area contributed by atoms with Gasteiger partial charge in [0, 0.05) is 45.3 Å². The number of aromatic nitrogens is 2. The van der Waals surface area contributed by atoms with Gasteiger partial charge in [-0.05, 0) is 48.0 Å². The summed E-state index contributed by atoms with van der Waals surface area (Å²) in [4.78, 5) is 9.05. The van der Waals surface area contributed by atoms with E-state index in [-0.39, 0.29) is 27.8 Å². The van der Waals surface area contributed by atoms with E-state index in [0.29, 0.717) is 26.9 Å². The first-order valence-electron chi connectivity index (χ1n) is 13.6. The highest BCUT2D eigenvalue weighted by atomic mass is 35.5. The van der Waals surface area contributed by atoms with Crippen molar-refractivity contribution < 1.29 is 39.7 Å². The molecule has 2 aromatic heterocycles. The van der Waals surface area contributed by atoms with Gasteiger partial charge in [-0.15, -0.1) is 11.3 Å². The van der Waals surface area contributed by atoms with E-state index in [1.165, 1.54) is 17.4 Å². The van der Waals surface area contributed by atoms with Gasteiger partial charge in [0.1, 0.15) is 11.7 Å². The molecule has 5 rings (SSSR count). The summed E-state index contributed by atoms with van der Waals surface area (Å²) in [6.07, 6.45) is 1.10. The molecule has 2 aromatic carbocycles. The molecule has 0 spiro atoms. The van der Waals surface area contributed by atoms with Crippen molar-refractivity contribution >= 4 is 58.1 Å². The minimum atomic E-state index is -6.05. The van der Waals surface area contributed by atoms with Crippen molar-refractivity contribution in [2.75, 3.05) is 17.6 Å². The summed E-state index contributed by atoms with van der Waals surface area (Å²) < 4.78 is 95.6. The molecule has 0 radical (unpaired) electrons. The van der Waals surface area contributed by atoms with E-state index in [9.17, 15) is 26.2 Å². The van der Waals surface area contributed by atoms with Crippen LogP contribution in [0, 0.1) is 0 Å². The summed E-state index contributed by atoms with van der Waals surface area (Å²) in [6.45, 7) is 4.62. The molecule has 0 amide bonds. The maximum absolute atomic E-state index is 13.8. The fourth-order valence-electron chi connectivity index (χ4n) is 4.41. The molecule has 2 unspecified atom stereocenters. The van der Waals surface area contributed by atoms with Crippen LogP contribution in [0.4, 0.5) is 18.9 Å². The molecule has 2 atom stereocenters. The molecule has 0 bridgehead atoms. The summed E-state index contributed by atoms with van der Waals surface area (Å²) >= 11 is 13.8. The minimum Gasteiger partial charge on any atom is -0.287 e. The van der Waals surface area contributed by atoms with Gasteiger partial charge < -0.3 is 0 Å². The SMILES string of the molecule is CC(C)(C)c1cc(-c2nc(-c3ccc(N(COP4(=O)OCCC(c5cccc(Cl)c5)O4)S(=O)(=O)C(F)(F)F)cc3Cl)cs2)ccn1. The number of phosphoric ester groups is 1. The Hall–Kier alpha value is -2.55. The van der Waals surface area contributed by atoms with Gasteiger partial charge in [0.15, 0.2) is 0 Å². The minimum absolute atomic E-state index is 0.0837. The van der Waals surface area contributed by atoms with Crippen LogP contribution in [0.3, 0.4) is 0 Å². The number of phosphoric acid groups is 1. The molecule has 0 aliphatic carbocycles. The maximum atomic E-state index is 13.8. The van der Waals surface area contributed by atoms with Crippen molar-refractivity contribution in [2.45, 2.75) is 44.2 Å². The molecule has 4 aromatic rings. The predicted octanol–water partition coefficient (Wildman–Crippen LogP) is 9.39. The van der Waals surface area contributed by atoms with Crippen molar-refractivity contribution in [2.24, 2.45) is 0 Å². The van der Waals surface area contributed by atoms with Crippen LogP contribution >= 0.6 is 42.4 Å². The topological polar surface area (TPSA) is 108 Å². The number of hydrogen-bond acceptors (Lipinski definition) is 9. The molecule has 1 aliphatic heterocycles. The number of anilines is 1. The third-order valence-electron chi connectivity index (χ3n) is 6.82. The number of thiazole rings is 1. The summed E-state index contributed by atoms with van der Waals surface area (Å²) in [7, 11) is -10.6. The van der Waals surface area contributed by atoms with Gasteiger partial charge in [-0.3, -0.25) is 18.6 Å². The zero-order chi connectivity index (χ0) is 33.5. The number of rotatable bonds is 8. The summed E-state index contributed by atoms with van der Waals surface area (Å²) in [5.41, 5.74) is -3.43. The third kappa shape index (κ3) is 7.60. The smallest absolute Gasteiger partial charge is 0.287 e. The monoisotopic (exact) mass is 735 g/mol. The number of sulfonamides is 1. The summed E-state index contributed by atoms with van der Waals surface area (Å²) in [5, 5.41) is 2.68. The number of nitrogens with zero attached hydrogens (tertiary/aromatic N) is 3. The van der Waals surface area contributed by atoms with Gasteiger partial charge in [0.2, 0.25) is 0 Å². The summed E-state index contributed by atoms with van der Waals surface area (Å²) in [6, 6.07) is 13.7. The molecule has 1 saturated heterocycles. The zero-order valence-electron chi connectivity index (χ0n) is 24.5. The molecule has 0 N–H and O–H groups in total. The Labute approximate surface area is 277 Å². The van der Waals surface area contributed by atoms with Crippen molar-refractivity contribution in [3.05, 3.63) is 87.5 Å². The lowest BCUT2D eigenvalue weighted by atomic mass is 9.91. The van der Waals surface area contributed by atoms with Crippen molar-refractivity contribution in [1.29, 1.82) is 0 Å². The van der Waals surface area contributed by atoms with Crippen LogP contribution in [0.25, 0.3) is 21.8 Å². The highest BCUT2D eigenvalue weighted by Crippen LogP contribution is 2.57. The molecular formula is C29H27Cl2F3N3O6PS2. The second-order valence-electron chi connectivity index (χ2n) is 11.2. The van der Waals surface area contributed by atoms with E-state index in [0.717, 1.165) is 23.4 Å². The Kier molecular flexibility index (Phi) is 9.95. The Morgan fingerprint density at radius 3 is 2.54 bits per heavy atom. The van der Waals surface area contributed by atoms with Gasteiger partial charge >= 0.3 is 23.4 Å². The van der Waals surface area contributed by atoms with Gasteiger partial charge in [0.25, 0.3) is 0 Å². The molecule has 9 nitrogen and oxygen atoms in total. The van der Waals surface area contributed by atoms with Crippen molar-refractivity contribution in [3.8, 4) is 21.8 Å². The Bertz CT molecular complexity index is 1900. The van der Waals surface area contributed by atoms with Gasteiger partial charge in [-0.1, -0.05) is 56.1 Å². The molecule has 1 aliphatic rings. The van der Waals surface area contributed by atoms with Crippen LogP contribution in [-0.2, 0) is 33.6 Å². The van der Waals surface area contributed by atoms with Gasteiger partial charge in [-0.25, -0.2) is 13.9 Å². The van der Waals surface area contributed by atoms with E-state index in [1.54, 1.807) is 35.8 Å². The number of hydrogen-bond donors (Lipinski definition) is 0. The van der Waals surface area contributed by atoms with Gasteiger partial charge in [-0.2, -0.15) is 21.6 Å². The molecule has 1 fully saturated rings. The highest BCUT2D eigenvalue weighted by Gasteiger charge is 2.51. The number of benzene rings is 2. The van der Waals surface area contributed by atoms with E-state index >= 15 is 0 Å². The van der Waals surface area contributed by atoms with E-state index in [2.05, 4.69) is 9.97 Å². The predicted molar refractivity (Wildman–Crippen MR) is 171 cm³/mol. The second kappa shape index (κ2) is 13.2. The lowest BCUT2D eigenvalue weighted by Gasteiger charge is -2.31. The molecule has 246 valence electrons. The zero-order valence-corrected chi connectivity index (χ0v) is 28.5. The summed E-state index contributed by atoms with van der Waals surface area (Å²) in [5.74, 6) is 0. The van der Waals surface area contributed by atoms with Crippen molar-refractivity contribution in [3.63, 3.8) is 0 Å². The van der Waals surface area contributed by atoms with Crippen LogP contribution in [0.15, 0.2) is 66.2 Å². The first-order valence-corrected chi connectivity index (χ1v) is 18.1. The number of halogens is 5. The first kappa shape index (κ1) is 34.8. The second-order valence-corrected chi connectivity index (χ2v) is 16.3. The normalized spacial score (nSPS) is 19.3. The van der Waals surface area contributed by atoms with Crippen LogP contribution < -0.4 is 4.31 Å². The van der Waals surface area contributed by atoms with Crippen LogP contribution in [-0.4, -0.2) is 37.2 Å². The standard InChI is InChI=1S/C29H27Cl2F3N3O6PS2/c1-28(2,3)26-14-19(9-11-35-26)27-36-24(16-45-27)22-8-7-21(15-23(22)31)37(46(39,40)29(32,33)34)17-42-44(38)41-12-10-25(43-44)18-5-4-6-20(30)13-18/h4-9,11,13-16,25H,10,12,17H2,1-3H3. The van der Waals surface area contributed by atoms with Crippen molar-refractivity contribution in [1.82, 2.24) is 9.97 Å². The lowest BCUT2D eigenvalue weighted by molar-refractivity contribution is -0.0445. The third-order valence-corrected chi connectivity index (χ3v) is 11.2. The van der Waals surface area contributed by atoms with E-state index in [1.807, 2.05) is 32.9 Å². The first-order chi connectivity index (χ1) is 21.5. The molecular weight excluding hydrogens is 709 g/mol. The Morgan fingerprint density at radius 1 is 1.11 bits per heavy atom. The quantitative estimate of drug-likeness (QED) is 0.130.